The smallest absolute Gasteiger partial charge is 0.287 e. The van der Waals surface area contributed by atoms with Crippen molar-refractivity contribution < 1.29 is 9.21 Å². The molecule has 2 fully saturated rings. The van der Waals surface area contributed by atoms with Crippen LogP contribution in [0.5, 0.6) is 0 Å². The standard InChI is InChI=1S/C33H38ClN5O3/c34-26-12-10-24(11-13-26)18-27(37-32(41)31-19-29(40)28-8-4-5-9-30(28)42-31)20-38-16-14-33(15-17-38,21-39-23-35-22-36-39)25-6-2-1-3-7-25/h4-5,8-13,19,22-23,25,27H,1-3,6-7,14-18,20-21H2,(H,37,41)/t27-/m0/s1. The van der Waals surface area contributed by atoms with Crippen LogP contribution in [0.1, 0.15) is 61.1 Å². The Morgan fingerprint density at radius 1 is 1.07 bits per heavy atom. The lowest BCUT2D eigenvalue weighted by molar-refractivity contribution is 0.00880. The Morgan fingerprint density at radius 3 is 2.57 bits per heavy atom. The molecular weight excluding hydrogens is 550 g/mol. The number of hydrogen-bond acceptors (Lipinski definition) is 6. The second-order valence-corrected chi connectivity index (χ2v) is 12.5. The Kier molecular flexibility index (Phi) is 8.72. The van der Waals surface area contributed by atoms with E-state index in [2.05, 4.69) is 20.3 Å². The molecule has 6 rings (SSSR count). The average molecular weight is 588 g/mol. The van der Waals surface area contributed by atoms with Crippen LogP contribution in [0.25, 0.3) is 11.0 Å². The minimum atomic E-state index is -0.378. The molecule has 1 atom stereocenters. The number of piperidine rings is 1. The molecule has 1 saturated carbocycles. The third kappa shape index (κ3) is 6.60. The van der Waals surface area contributed by atoms with Crippen LogP contribution in [0.4, 0.5) is 0 Å². The molecule has 1 saturated heterocycles. The molecule has 9 heteroatoms. The summed E-state index contributed by atoms with van der Waals surface area (Å²) in [5.41, 5.74) is 1.49. The maximum absolute atomic E-state index is 13.4. The third-order valence-electron chi connectivity index (χ3n) is 9.33. The lowest BCUT2D eigenvalue weighted by Gasteiger charge is -2.48. The van der Waals surface area contributed by atoms with Crippen LogP contribution in [0, 0.1) is 11.3 Å². The average Bonchev–Trinajstić information content (AvgIpc) is 3.52. The molecule has 8 nitrogen and oxygen atoms in total. The summed E-state index contributed by atoms with van der Waals surface area (Å²) in [6.45, 7) is 3.54. The van der Waals surface area contributed by atoms with E-state index in [-0.39, 0.29) is 28.6 Å². The number of amides is 1. The Labute approximate surface area is 251 Å². The van der Waals surface area contributed by atoms with Crippen LogP contribution < -0.4 is 10.7 Å². The Morgan fingerprint density at radius 2 is 1.83 bits per heavy atom. The quantitative estimate of drug-likeness (QED) is 0.268. The molecule has 0 spiro atoms. The number of carbonyl (C=O) groups is 1. The first-order valence-electron chi connectivity index (χ1n) is 15.1. The molecule has 1 N–H and O–H groups in total. The van der Waals surface area contributed by atoms with Gasteiger partial charge in [-0.2, -0.15) is 5.10 Å². The molecule has 0 bridgehead atoms. The topological polar surface area (TPSA) is 93.3 Å². The van der Waals surface area contributed by atoms with Crippen molar-refractivity contribution in [1.82, 2.24) is 25.0 Å². The van der Waals surface area contributed by atoms with Crippen LogP contribution >= 0.6 is 11.6 Å². The van der Waals surface area contributed by atoms with Crippen LogP contribution in [-0.4, -0.2) is 51.2 Å². The number of aromatic nitrogens is 3. The highest BCUT2D eigenvalue weighted by molar-refractivity contribution is 6.30. The fourth-order valence-corrected chi connectivity index (χ4v) is 7.20. The van der Waals surface area contributed by atoms with Gasteiger partial charge in [0.25, 0.3) is 5.91 Å². The molecule has 220 valence electrons. The minimum absolute atomic E-state index is 0.0302. The molecule has 2 aromatic heterocycles. The van der Waals surface area contributed by atoms with Crippen molar-refractivity contribution >= 4 is 28.5 Å². The Balaban J connectivity index is 1.18. The van der Waals surface area contributed by atoms with Gasteiger partial charge in [-0.15, -0.1) is 0 Å². The summed E-state index contributed by atoms with van der Waals surface area (Å²) in [4.78, 5) is 32.8. The van der Waals surface area contributed by atoms with Gasteiger partial charge in [0.15, 0.2) is 11.2 Å². The van der Waals surface area contributed by atoms with Crippen molar-refractivity contribution in [2.24, 2.45) is 11.3 Å². The lowest BCUT2D eigenvalue weighted by atomic mass is 9.63. The molecule has 0 unspecified atom stereocenters. The molecule has 3 heterocycles. The van der Waals surface area contributed by atoms with E-state index in [0.29, 0.717) is 34.9 Å². The number of nitrogens with zero attached hydrogens (tertiary/aromatic N) is 4. The van der Waals surface area contributed by atoms with Gasteiger partial charge < -0.3 is 14.6 Å². The molecule has 4 aromatic rings. The number of hydrogen-bond donors (Lipinski definition) is 1. The van der Waals surface area contributed by atoms with Crippen LogP contribution in [0.3, 0.4) is 0 Å². The highest BCUT2D eigenvalue weighted by Crippen LogP contribution is 2.47. The van der Waals surface area contributed by atoms with Gasteiger partial charge in [-0.05, 0) is 86.4 Å². The number of nitrogens with one attached hydrogen (secondary N) is 1. The van der Waals surface area contributed by atoms with E-state index in [1.807, 2.05) is 35.3 Å². The fourth-order valence-electron chi connectivity index (χ4n) is 7.08. The van der Waals surface area contributed by atoms with Crippen molar-refractivity contribution in [3.8, 4) is 0 Å². The summed E-state index contributed by atoms with van der Waals surface area (Å²) >= 11 is 6.14. The molecule has 2 aliphatic rings. The second kappa shape index (κ2) is 12.8. The van der Waals surface area contributed by atoms with Crippen molar-refractivity contribution in [1.29, 1.82) is 0 Å². The van der Waals surface area contributed by atoms with Gasteiger partial charge >= 0.3 is 0 Å². The highest BCUT2D eigenvalue weighted by atomic mass is 35.5. The van der Waals surface area contributed by atoms with Gasteiger partial charge in [0.2, 0.25) is 0 Å². The SMILES string of the molecule is O=C(N[C@@H](Cc1ccc(Cl)cc1)CN1CCC(Cn2cncn2)(C2CCCCC2)CC1)c1cc(=O)c2ccccc2o1. The fraction of sp³-hybridized carbons (Fsp3) is 0.455. The molecule has 2 aromatic carbocycles. The minimum Gasteiger partial charge on any atom is -0.451 e. The first-order valence-corrected chi connectivity index (χ1v) is 15.5. The normalized spacial score (nSPS) is 18.6. The van der Waals surface area contributed by atoms with Gasteiger partial charge in [0.05, 0.1) is 5.39 Å². The predicted molar refractivity (Wildman–Crippen MR) is 164 cm³/mol. The molecular formula is C33H38ClN5O3. The number of likely N-dealkylation sites (tertiary alicyclic amines) is 1. The number of halogens is 1. The van der Waals surface area contributed by atoms with E-state index in [4.69, 9.17) is 16.0 Å². The van der Waals surface area contributed by atoms with E-state index in [9.17, 15) is 9.59 Å². The Bertz CT molecular complexity index is 1540. The monoisotopic (exact) mass is 587 g/mol. The van der Waals surface area contributed by atoms with Gasteiger partial charge in [0, 0.05) is 30.2 Å². The third-order valence-corrected chi connectivity index (χ3v) is 9.59. The first-order chi connectivity index (χ1) is 20.5. The van der Waals surface area contributed by atoms with Crippen molar-refractivity contribution in [3.63, 3.8) is 0 Å². The van der Waals surface area contributed by atoms with E-state index in [0.717, 1.165) is 38.0 Å². The maximum atomic E-state index is 13.4. The molecule has 1 aliphatic heterocycles. The van der Waals surface area contributed by atoms with Gasteiger partial charge in [-0.25, -0.2) is 4.98 Å². The van der Waals surface area contributed by atoms with Crippen LogP contribution in [0.2, 0.25) is 5.02 Å². The van der Waals surface area contributed by atoms with Crippen molar-refractivity contribution in [2.45, 2.75) is 64.0 Å². The van der Waals surface area contributed by atoms with Gasteiger partial charge in [0.1, 0.15) is 18.2 Å². The summed E-state index contributed by atoms with van der Waals surface area (Å²) in [6, 6.07) is 15.9. The number of rotatable bonds is 9. The first kappa shape index (κ1) is 28.6. The van der Waals surface area contributed by atoms with Crippen molar-refractivity contribution in [3.05, 3.63) is 93.8 Å². The summed E-state index contributed by atoms with van der Waals surface area (Å²) in [7, 11) is 0. The largest absolute Gasteiger partial charge is 0.451 e. The second-order valence-electron chi connectivity index (χ2n) is 12.1. The van der Waals surface area contributed by atoms with E-state index >= 15 is 0 Å². The summed E-state index contributed by atoms with van der Waals surface area (Å²) in [6.07, 6.45) is 12.9. The molecule has 1 amide bonds. The molecule has 0 radical (unpaired) electrons. The summed E-state index contributed by atoms with van der Waals surface area (Å²) in [5, 5.41) is 8.79. The van der Waals surface area contributed by atoms with Gasteiger partial charge in [-0.3, -0.25) is 14.3 Å². The number of fused-ring (bicyclic) bond motifs is 1. The Hall–Kier alpha value is -3.49. The zero-order valence-electron chi connectivity index (χ0n) is 23.9. The van der Waals surface area contributed by atoms with Crippen LogP contribution in [0.15, 0.2) is 76.5 Å². The van der Waals surface area contributed by atoms with E-state index in [1.165, 1.54) is 38.2 Å². The zero-order valence-corrected chi connectivity index (χ0v) is 24.6. The maximum Gasteiger partial charge on any atom is 0.287 e. The number of carbonyl (C=O) groups excluding carboxylic acids is 1. The number of benzene rings is 2. The predicted octanol–water partition coefficient (Wildman–Crippen LogP) is 5.74. The van der Waals surface area contributed by atoms with Crippen molar-refractivity contribution in [2.75, 3.05) is 19.6 Å². The lowest BCUT2D eigenvalue weighted by Crippen LogP contribution is -2.51. The molecule has 1 aliphatic carbocycles. The molecule has 42 heavy (non-hydrogen) atoms. The van der Waals surface area contributed by atoms with E-state index in [1.54, 1.807) is 30.6 Å². The highest BCUT2D eigenvalue weighted by Gasteiger charge is 2.42. The van der Waals surface area contributed by atoms with E-state index < -0.39 is 0 Å². The summed E-state index contributed by atoms with van der Waals surface area (Å²) in [5.74, 6) is 0.358. The van der Waals surface area contributed by atoms with Crippen LogP contribution in [-0.2, 0) is 13.0 Å². The zero-order chi connectivity index (χ0) is 28.9. The van der Waals surface area contributed by atoms with Gasteiger partial charge in [-0.1, -0.05) is 55.1 Å². The summed E-state index contributed by atoms with van der Waals surface area (Å²) < 4.78 is 7.87. The number of para-hydroxylation sites is 1.